The number of amides is 1. The first kappa shape index (κ1) is 25.1. The van der Waals surface area contributed by atoms with E-state index in [1.807, 2.05) is 71.6 Å². The Morgan fingerprint density at radius 1 is 0.973 bits per heavy atom. The van der Waals surface area contributed by atoms with Crippen LogP contribution in [0.2, 0.25) is 0 Å². The summed E-state index contributed by atoms with van der Waals surface area (Å²) in [6.45, 7) is 5.52. The summed E-state index contributed by atoms with van der Waals surface area (Å²) >= 11 is 3.57. The molecule has 6 nitrogen and oxygen atoms in total. The van der Waals surface area contributed by atoms with Crippen molar-refractivity contribution in [2.45, 2.75) is 13.3 Å². The third-order valence-corrected chi connectivity index (χ3v) is 7.11. The van der Waals surface area contributed by atoms with Crippen LogP contribution in [0.1, 0.15) is 23.7 Å². The SMILES string of the molecule is CCCOc1ccc(-c2cc(C(=O)N3CCN(c4ccccc4OC)CC3)c3cc(Br)ccc3n2)cc1. The largest absolute Gasteiger partial charge is 0.495 e. The number of aromatic nitrogens is 1. The van der Waals surface area contributed by atoms with E-state index in [4.69, 9.17) is 14.5 Å². The van der Waals surface area contributed by atoms with Gasteiger partial charge in [-0.15, -0.1) is 0 Å². The van der Waals surface area contributed by atoms with Crippen molar-refractivity contribution < 1.29 is 14.3 Å². The van der Waals surface area contributed by atoms with E-state index in [-0.39, 0.29) is 5.91 Å². The molecule has 1 saturated heterocycles. The maximum absolute atomic E-state index is 13.9. The van der Waals surface area contributed by atoms with Crippen LogP contribution in [0.4, 0.5) is 5.69 Å². The van der Waals surface area contributed by atoms with Gasteiger partial charge in [0.1, 0.15) is 11.5 Å². The summed E-state index contributed by atoms with van der Waals surface area (Å²) in [7, 11) is 1.69. The van der Waals surface area contributed by atoms with Crippen LogP contribution in [-0.2, 0) is 0 Å². The Bertz CT molecular complexity index is 1400. The molecule has 1 aliphatic heterocycles. The van der Waals surface area contributed by atoms with Crippen LogP contribution in [0.5, 0.6) is 11.5 Å². The molecule has 0 bridgehead atoms. The lowest BCUT2D eigenvalue weighted by molar-refractivity contribution is 0.0748. The Kier molecular flexibility index (Phi) is 7.60. The second kappa shape index (κ2) is 11.2. The minimum atomic E-state index is 0.0225. The number of hydrogen-bond donors (Lipinski definition) is 0. The van der Waals surface area contributed by atoms with Crippen molar-refractivity contribution in [2.24, 2.45) is 0 Å². The van der Waals surface area contributed by atoms with E-state index >= 15 is 0 Å². The third-order valence-electron chi connectivity index (χ3n) is 6.62. The van der Waals surface area contributed by atoms with Gasteiger partial charge in [-0.3, -0.25) is 4.79 Å². The molecule has 5 rings (SSSR count). The van der Waals surface area contributed by atoms with Crippen molar-refractivity contribution in [1.82, 2.24) is 9.88 Å². The van der Waals surface area contributed by atoms with E-state index < -0.39 is 0 Å². The number of carbonyl (C=O) groups is 1. The van der Waals surface area contributed by atoms with Gasteiger partial charge in [0.25, 0.3) is 5.91 Å². The molecule has 2 heterocycles. The molecule has 7 heteroatoms. The van der Waals surface area contributed by atoms with E-state index in [9.17, 15) is 4.79 Å². The van der Waals surface area contributed by atoms with Crippen molar-refractivity contribution >= 4 is 38.4 Å². The van der Waals surface area contributed by atoms with Crippen LogP contribution in [0, 0.1) is 0 Å². The van der Waals surface area contributed by atoms with Crippen LogP contribution in [0.3, 0.4) is 0 Å². The lowest BCUT2D eigenvalue weighted by Gasteiger charge is -2.36. The summed E-state index contributed by atoms with van der Waals surface area (Å²) in [5, 5.41) is 0.846. The number of para-hydroxylation sites is 2. The molecule has 1 aliphatic rings. The number of benzene rings is 3. The van der Waals surface area contributed by atoms with Crippen molar-refractivity contribution in [3.63, 3.8) is 0 Å². The number of fused-ring (bicyclic) bond motifs is 1. The van der Waals surface area contributed by atoms with Crippen LogP contribution in [0.25, 0.3) is 22.2 Å². The number of anilines is 1. The van der Waals surface area contributed by atoms with Crippen molar-refractivity contribution in [1.29, 1.82) is 0 Å². The number of carbonyl (C=O) groups excluding carboxylic acids is 1. The van der Waals surface area contributed by atoms with Gasteiger partial charge in [0.2, 0.25) is 0 Å². The molecular formula is C30H30BrN3O3. The molecule has 0 atom stereocenters. The van der Waals surface area contributed by atoms with Gasteiger partial charge >= 0.3 is 0 Å². The number of hydrogen-bond acceptors (Lipinski definition) is 5. The minimum absolute atomic E-state index is 0.0225. The summed E-state index contributed by atoms with van der Waals surface area (Å²) in [6, 6.07) is 23.7. The maximum atomic E-state index is 13.9. The molecule has 1 fully saturated rings. The lowest BCUT2D eigenvalue weighted by Crippen LogP contribution is -2.49. The predicted octanol–water partition coefficient (Wildman–Crippen LogP) is 6.42. The van der Waals surface area contributed by atoms with Crippen molar-refractivity contribution in [2.75, 3.05) is 44.8 Å². The van der Waals surface area contributed by atoms with Crippen LogP contribution in [-0.4, -0.2) is 55.7 Å². The van der Waals surface area contributed by atoms with E-state index in [2.05, 4.69) is 33.8 Å². The minimum Gasteiger partial charge on any atom is -0.495 e. The summed E-state index contributed by atoms with van der Waals surface area (Å²) in [4.78, 5) is 23.0. The quantitative estimate of drug-likeness (QED) is 0.261. The third kappa shape index (κ3) is 5.42. The second-order valence-corrected chi connectivity index (χ2v) is 9.96. The number of pyridine rings is 1. The Morgan fingerprint density at radius 3 is 2.46 bits per heavy atom. The summed E-state index contributed by atoms with van der Waals surface area (Å²) in [5.41, 5.74) is 4.24. The maximum Gasteiger partial charge on any atom is 0.254 e. The molecule has 190 valence electrons. The fraction of sp³-hybridized carbons (Fsp3) is 0.267. The Labute approximate surface area is 226 Å². The van der Waals surface area contributed by atoms with Gasteiger partial charge in [0.15, 0.2) is 0 Å². The Balaban J connectivity index is 1.42. The molecule has 3 aromatic carbocycles. The molecule has 1 amide bonds. The smallest absolute Gasteiger partial charge is 0.254 e. The molecule has 0 N–H and O–H groups in total. The predicted molar refractivity (Wildman–Crippen MR) is 152 cm³/mol. The number of methoxy groups -OCH3 is 1. The van der Waals surface area contributed by atoms with Crippen molar-refractivity contribution in [3.8, 4) is 22.8 Å². The van der Waals surface area contributed by atoms with E-state index in [1.54, 1.807) is 7.11 Å². The summed E-state index contributed by atoms with van der Waals surface area (Å²) in [5.74, 6) is 1.71. The van der Waals surface area contributed by atoms with Gasteiger partial charge in [0, 0.05) is 41.6 Å². The summed E-state index contributed by atoms with van der Waals surface area (Å²) in [6.07, 6.45) is 0.960. The average Bonchev–Trinajstić information content (AvgIpc) is 2.95. The first-order valence-electron chi connectivity index (χ1n) is 12.6. The van der Waals surface area contributed by atoms with Crippen LogP contribution < -0.4 is 14.4 Å². The van der Waals surface area contributed by atoms with Crippen LogP contribution >= 0.6 is 15.9 Å². The normalized spacial score (nSPS) is 13.6. The molecule has 0 saturated carbocycles. The highest BCUT2D eigenvalue weighted by molar-refractivity contribution is 9.10. The standard InChI is InChI=1S/C30H30BrN3O3/c1-3-18-37-23-11-8-21(9-12-23)27-20-25(24-19-22(31)10-13-26(24)32-27)30(35)34-16-14-33(15-17-34)28-6-4-5-7-29(28)36-2/h4-13,19-20H,3,14-18H2,1-2H3. The van der Waals surface area contributed by atoms with E-state index in [0.717, 1.165) is 63.3 Å². The Hall–Kier alpha value is -3.58. The first-order chi connectivity index (χ1) is 18.1. The highest BCUT2D eigenvalue weighted by Gasteiger charge is 2.25. The molecule has 0 unspecified atom stereocenters. The highest BCUT2D eigenvalue weighted by Crippen LogP contribution is 2.31. The zero-order valence-corrected chi connectivity index (χ0v) is 22.7. The zero-order valence-electron chi connectivity index (χ0n) is 21.1. The van der Waals surface area contributed by atoms with E-state index in [1.165, 1.54) is 0 Å². The van der Waals surface area contributed by atoms with Gasteiger partial charge in [-0.05, 0) is 67.1 Å². The zero-order chi connectivity index (χ0) is 25.8. The molecule has 0 radical (unpaired) electrons. The van der Waals surface area contributed by atoms with Crippen molar-refractivity contribution in [3.05, 3.63) is 82.8 Å². The number of piperazine rings is 1. The molecule has 0 spiro atoms. The lowest BCUT2D eigenvalue weighted by atomic mass is 10.0. The molecule has 0 aliphatic carbocycles. The van der Waals surface area contributed by atoms with Gasteiger partial charge in [0.05, 0.1) is 36.2 Å². The van der Waals surface area contributed by atoms with Crippen LogP contribution in [0.15, 0.2) is 77.3 Å². The molecule has 4 aromatic rings. The number of halogens is 1. The Morgan fingerprint density at radius 2 is 1.73 bits per heavy atom. The number of ether oxygens (including phenoxy) is 2. The number of rotatable bonds is 7. The molecular weight excluding hydrogens is 530 g/mol. The molecule has 1 aromatic heterocycles. The monoisotopic (exact) mass is 559 g/mol. The van der Waals surface area contributed by atoms with Gasteiger partial charge in [-0.2, -0.15) is 0 Å². The highest BCUT2D eigenvalue weighted by atomic mass is 79.9. The van der Waals surface area contributed by atoms with Gasteiger partial charge < -0.3 is 19.3 Å². The fourth-order valence-electron chi connectivity index (χ4n) is 4.68. The average molecular weight is 560 g/mol. The first-order valence-corrected chi connectivity index (χ1v) is 13.4. The van der Waals surface area contributed by atoms with Gasteiger partial charge in [-0.25, -0.2) is 4.98 Å². The molecule has 37 heavy (non-hydrogen) atoms. The second-order valence-electron chi connectivity index (χ2n) is 9.04. The summed E-state index contributed by atoms with van der Waals surface area (Å²) < 4.78 is 12.2. The topological polar surface area (TPSA) is 54.9 Å². The number of nitrogens with zero attached hydrogens (tertiary/aromatic N) is 3. The van der Waals surface area contributed by atoms with E-state index in [0.29, 0.717) is 25.3 Å². The van der Waals surface area contributed by atoms with Gasteiger partial charge in [-0.1, -0.05) is 35.0 Å². The fourth-order valence-corrected chi connectivity index (χ4v) is 5.04.